The summed E-state index contributed by atoms with van der Waals surface area (Å²) in [5.41, 5.74) is 10.4. The van der Waals surface area contributed by atoms with Crippen LogP contribution in [0.25, 0.3) is 21.5 Å². The first-order valence-corrected chi connectivity index (χ1v) is 15.7. The summed E-state index contributed by atoms with van der Waals surface area (Å²) < 4.78 is 2.38. The molecule has 0 fully saturated rings. The molecule has 2 heteroatoms. The third-order valence-corrected chi connectivity index (χ3v) is 10.4. The van der Waals surface area contributed by atoms with E-state index in [1.807, 2.05) is 0 Å². The normalized spacial score (nSPS) is 22.0. The summed E-state index contributed by atoms with van der Waals surface area (Å²) in [5.74, 6) is 0. The molecule has 0 bridgehead atoms. The summed E-state index contributed by atoms with van der Waals surface area (Å²) in [6.45, 7) is 11.2. The molecule has 44 heavy (non-hydrogen) atoms. The van der Waals surface area contributed by atoms with Crippen LogP contribution in [0.4, 0.5) is 11.4 Å². The van der Waals surface area contributed by atoms with Gasteiger partial charge in [0.15, 0.2) is 5.71 Å². The third-order valence-electron chi connectivity index (χ3n) is 10.4. The smallest absolute Gasteiger partial charge is 0.210 e. The van der Waals surface area contributed by atoms with Gasteiger partial charge in [0.25, 0.3) is 0 Å². The molecule has 2 heterocycles. The second kappa shape index (κ2) is 10.5. The molecule has 0 aliphatic carbocycles. The quantitative estimate of drug-likeness (QED) is 0.145. The maximum atomic E-state index is 4.17. The first-order valence-electron chi connectivity index (χ1n) is 15.7. The predicted octanol–water partition coefficient (Wildman–Crippen LogP) is 9.95. The first kappa shape index (κ1) is 28.1. The van der Waals surface area contributed by atoms with Crippen molar-refractivity contribution in [3.05, 3.63) is 156 Å². The molecule has 5 aromatic carbocycles. The maximum Gasteiger partial charge on any atom is 0.210 e. The van der Waals surface area contributed by atoms with Crippen molar-refractivity contribution in [3.63, 3.8) is 0 Å². The van der Waals surface area contributed by atoms with E-state index in [9.17, 15) is 0 Å². The Balaban J connectivity index is 1.37. The minimum atomic E-state index is -0.197. The van der Waals surface area contributed by atoms with Crippen LogP contribution in [-0.4, -0.2) is 24.4 Å². The van der Waals surface area contributed by atoms with E-state index in [-0.39, 0.29) is 10.8 Å². The lowest BCUT2D eigenvalue weighted by atomic mass is 9.73. The lowest BCUT2D eigenvalue weighted by molar-refractivity contribution is -0.401. The zero-order valence-corrected chi connectivity index (χ0v) is 26.6. The number of allylic oxidation sites excluding steroid dienone is 5. The monoisotopic (exact) mass is 573 g/mol. The van der Waals surface area contributed by atoms with Crippen LogP contribution in [-0.2, 0) is 17.3 Å². The highest BCUT2D eigenvalue weighted by atomic mass is 15.2. The zero-order chi connectivity index (χ0) is 30.6. The third kappa shape index (κ3) is 4.12. The molecule has 0 spiro atoms. The Hall–Kier alpha value is -4.69. The maximum absolute atomic E-state index is 4.17. The molecule has 2 aliphatic heterocycles. The SMILES string of the molecule is C=CCC1(C)C(/C=C/C=C2/N(C)c3ccc4ccccc4c3C2(C)Cc2ccccc2C)=[N+](C)c2ccc3ccccc3c21. The number of anilines is 1. The van der Waals surface area contributed by atoms with E-state index in [2.05, 4.69) is 172 Å². The summed E-state index contributed by atoms with van der Waals surface area (Å²) >= 11 is 0. The summed E-state index contributed by atoms with van der Waals surface area (Å²) in [5, 5.41) is 5.24. The molecule has 0 radical (unpaired) electrons. The number of hydrogen-bond donors (Lipinski definition) is 0. The molecule has 2 atom stereocenters. The molecular weight excluding hydrogens is 532 g/mol. The van der Waals surface area contributed by atoms with Gasteiger partial charge in [-0.05, 0) is 90.1 Å². The van der Waals surface area contributed by atoms with Gasteiger partial charge < -0.3 is 4.90 Å². The summed E-state index contributed by atoms with van der Waals surface area (Å²) in [6, 6.07) is 35.6. The van der Waals surface area contributed by atoms with Gasteiger partial charge in [-0.3, -0.25) is 0 Å². The number of rotatable bonds is 6. The Labute approximate surface area is 262 Å². The van der Waals surface area contributed by atoms with E-state index in [0.717, 1.165) is 12.8 Å². The number of aryl methyl sites for hydroxylation is 1. The van der Waals surface area contributed by atoms with Crippen molar-refractivity contribution >= 4 is 38.6 Å². The average molecular weight is 574 g/mol. The van der Waals surface area contributed by atoms with Crippen molar-refractivity contribution < 1.29 is 4.58 Å². The minimum Gasteiger partial charge on any atom is -0.347 e. The summed E-state index contributed by atoms with van der Waals surface area (Å²) in [4.78, 5) is 2.42. The average Bonchev–Trinajstić information content (AvgIpc) is 3.38. The lowest BCUT2D eigenvalue weighted by Crippen LogP contribution is -2.30. The summed E-state index contributed by atoms with van der Waals surface area (Å²) in [6.07, 6.45) is 10.9. The van der Waals surface area contributed by atoms with Crippen LogP contribution in [0.3, 0.4) is 0 Å². The van der Waals surface area contributed by atoms with Gasteiger partial charge >= 0.3 is 0 Å². The van der Waals surface area contributed by atoms with Crippen molar-refractivity contribution in [2.75, 3.05) is 19.0 Å². The van der Waals surface area contributed by atoms with Gasteiger partial charge in [0.05, 0.1) is 5.41 Å². The standard InChI is InChI=1S/C42H41N2/c1-7-27-41(3)37(43(5)35-25-23-30-16-10-12-19-33(30)39(35)41)21-14-22-38-42(4,28-32-18-9-8-15-29(32)2)40-34-20-13-11-17-31(34)24-26-36(40)44(38)6/h7-26H,1,27-28H2,2-6H3/q+1. The topological polar surface area (TPSA) is 6.25 Å². The Bertz CT molecular complexity index is 2060. The predicted molar refractivity (Wildman–Crippen MR) is 189 cm³/mol. The lowest BCUT2D eigenvalue weighted by Gasteiger charge is -2.30. The van der Waals surface area contributed by atoms with Crippen LogP contribution in [0.2, 0.25) is 0 Å². The van der Waals surface area contributed by atoms with Gasteiger partial charge in [-0.15, -0.1) is 6.58 Å². The van der Waals surface area contributed by atoms with E-state index in [1.54, 1.807) is 0 Å². The number of benzene rings is 5. The molecule has 0 aromatic heterocycles. The van der Waals surface area contributed by atoms with Gasteiger partial charge in [-0.2, -0.15) is 4.58 Å². The van der Waals surface area contributed by atoms with E-state index >= 15 is 0 Å². The van der Waals surface area contributed by atoms with E-state index in [1.165, 1.54) is 66.6 Å². The van der Waals surface area contributed by atoms with Crippen molar-refractivity contribution in [2.45, 2.75) is 44.4 Å². The van der Waals surface area contributed by atoms with Crippen LogP contribution in [0.5, 0.6) is 0 Å². The fourth-order valence-electron chi connectivity index (χ4n) is 8.18. The zero-order valence-electron chi connectivity index (χ0n) is 26.6. The second-order valence-electron chi connectivity index (χ2n) is 13.0. The van der Waals surface area contributed by atoms with Crippen LogP contribution in [0.1, 0.15) is 42.5 Å². The molecule has 2 aliphatic rings. The summed E-state index contributed by atoms with van der Waals surface area (Å²) in [7, 11) is 4.44. The van der Waals surface area contributed by atoms with Crippen LogP contribution in [0.15, 0.2) is 134 Å². The molecular formula is C42H41N2+. The van der Waals surface area contributed by atoms with E-state index in [4.69, 9.17) is 0 Å². The van der Waals surface area contributed by atoms with E-state index < -0.39 is 0 Å². The van der Waals surface area contributed by atoms with Crippen molar-refractivity contribution in [3.8, 4) is 0 Å². The molecule has 0 saturated heterocycles. The molecule has 0 amide bonds. The highest BCUT2D eigenvalue weighted by Crippen LogP contribution is 2.52. The number of likely N-dealkylation sites (N-methyl/N-ethyl adjacent to an activating group) is 1. The minimum absolute atomic E-state index is 0.174. The first-order chi connectivity index (χ1) is 21.3. The van der Waals surface area contributed by atoms with Crippen LogP contribution in [0, 0.1) is 6.92 Å². The van der Waals surface area contributed by atoms with Crippen molar-refractivity contribution in [2.24, 2.45) is 0 Å². The fraction of sp³-hybridized carbons (Fsp3) is 0.214. The second-order valence-corrected chi connectivity index (χ2v) is 13.0. The van der Waals surface area contributed by atoms with Crippen molar-refractivity contribution in [1.82, 2.24) is 0 Å². The largest absolute Gasteiger partial charge is 0.347 e. The molecule has 7 rings (SSSR count). The molecule has 218 valence electrons. The van der Waals surface area contributed by atoms with E-state index in [0.29, 0.717) is 0 Å². The van der Waals surface area contributed by atoms with Gasteiger partial charge in [-0.1, -0.05) is 91.0 Å². The highest BCUT2D eigenvalue weighted by Gasteiger charge is 2.47. The van der Waals surface area contributed by atoms with Gasteiger partial charge in [0.1, 0.15) is 7.05 Å². The number of nitrogens with zero attached hydrogens (tertiary/aromatic N) is 2. The Kier molecular flexibility index (Phi) is 6.70. The van der Waals surface area contributed by atoms with Crippen LogP contribution >= 0.6 is 0 Å². The molecule has 5 aromatic rings. The number of hydrogen-bond acceptors (Lipinski definition) is 1. The molecule has 2 nitrogen and oxygen atoms in total. The molecule has 0 saturated carbocycles. The Morgan fingerprint density at radius 1 is 0.773 bits per heavy atom. The Morgan fingerprint density at radius 2 is 1.41 bits per heavy atom. The van der Waals surface area contributed by atoms with Gasteiger partial charge in [-0.25, -0.2) is 0 Å². The molecule has 2 unspecified atom stereocenters. The van der Waals surface area contributed by atoms with Gasteiger partial charge in [0, 0.05) is 41.6 Å². The Morgan fingerprint density at radius 3 is 2.11 bits per heavy atom. The van der Waals surface area contributed by atoms with Gasteiger partial charge in [0.2, 0.25) is 5.69 Å². The highest BCUT2D eigenvalue weighted by molar-refractivity contribution is 6.08. The van der Waals surface area contributed by atoms with Crippen LogP contribution < -0.4 is 4.90 Å². The van der Waals surface area contributed by atoms with Crippen molar-refractivity contribution in [1.29, 1.82) is 0 Å². The fourth-order valence-corrected chi connectivity index (χ4v) is 8.18. The molecule has 0 N–H and O–H groups in total. The number of fused-ring (bicyclic) bond motifs is 6.